The van der Waals surface area contributed by atoms with Gasteiger partial charge in [-0.15, -0.1) is 5.01 Å². The molecule has 0 aromatic heterocycles. The molecule has 21 heavy (non-hydrogen) atoms. The van der Waals surface area contributed by atoms with Crippen molar-refractivity contribution in [1.82, 2.24) is 10.3 Å². The second-order valence-corrected chi connectivity index (χ2v) is 7.22. The number of hydrazone groups is 1. The fourth-order valence-electron chi connectivity index (χ4n) is 3.68. The van der Waals surface area contributed by atoms with Gasteiger partial charge < -0.3 is 5.32 Å². The Morgan fingerprint density at radius 3 is 2.67 bits per heavy atom. The van der Waals surface area contributed by atoms with Gasteiger partial charge in [0, 0.05) is 0 Å². The van der Waals surface area contributed by atoms with Crippen molar-refractivity contribution in [2.24, 2.45) is 22.4 Å². The minimum atomic E-state index is -0.823. The smallest absolute Gasteiger partial charge is 0.322 e. The molecule has 3 amide bonds. The zero-order valence-corrected chi connectivity index (χ0v) is 13.1. The van der Waals surface area contributed by atoms with Crippen molar-refractivity contribution in [3.8, 4) is 0 Å². The third kappa shape index (κ3) is 1.93. The van der Waals surface area contributed by atoms with E-state index in [2.05, 4.69) is 30.3 Å². The second kappa shape index (κ2) is 4.42. The summed E-state index contributed by atoms with van der Waals surface area (Å²) in [5, 5.41) is 7.85. The Morgan fingerprint density at radius 1 is 1.43 bits per heavy atom. The van der Waals surface area contributed by atoms with Crippen LogP contribution < -0.4 is 5.32 Å². The number of hydrogen-bond donors (Lipinski definition) is 1. The van der Waals surface area contributed by atoms with Gasteiger partial charge in [-0.3, -0.25) is 4.79 Å². The molecule has 2 fully saturated rings. The number of amides is 3. The van der Waals surface area contributed by atoms with Crippen molar-refractivity contribution in [3.05, 3.63) is 11.6 Å². The molecule has 3 aliphatic carbocycles. The molecule has 4 aliphatic rings. The molecule has 3 atom stereocenters. The van der Waals surface area contributed by atoms with Gasteiger partial charge in [0.15, 0.2) is 0 Å². The molecular formula is C16H23N3O2. The van der Waals surface area contributed by atoms with E-state index in [0.717, 1.165) is 22.9 Å². The molecule has 4 rings (SSSR count). The van der Waals surface area contributed by atoms with E-state index in [9.17, 15) is 9.59 Å². The van der Waals surface area contributed by atoms with E-state index in [1.165, 1.54) is 6.42 Å². The van der Waals surface area contributed by atoms with Crippen molar-refractivity contribution in [2.45, 2.75) is 52.5 Å². The highest BCUT2D eigenvalue weighted by Crippen LogP contribution is 2.58. The van der Waals surface area contributed by atoms with E-state index in [4.69, 9.17) is 0 Å². The number of imide groups is 1. The number of nitrogens with one attached hydrogen (secondary N) is 1. The molecule has 0 radical (unpaired) electrons. The maximum atomic E-state index is 12.3. The Kier molecular flexibility index (Phi) is 3.01. The largest absolute Gasteiger partial charge is 0.346 e. The molecule has 1 saturated carbocycles. The molecule has 0 aromatic carbocycles. The van der Waals surface area contributed by atoms with E-state index < -0.39 is 11.6 Å². The normalized spacial score (nSPS) is 37.5. The van der Waals surface area contributed by atoms with Crippen LogP contribution >= 0.6 is 0 Å². The molecule has 0 spiro atoms. The van der Waals surface area contributed by atoms with Crippen LogP contribution in [0.5, 0.6) is 0 Å². The summed E-state index contributed by atoms with van der Waals surface area (Å²) in [4.78, 5) is 24.2. The third-order valence-electron chi connectivity index (χ3n) is 5.78. The summed E-state index contributed by atoms with van der Waals surface area (Å²) in [5.41, 5.74) is 0.648. The third-order valence-corrected chi connectivity index (χ3v) is 5.78. The highest BCUT2D eigenvalue weighted by atomic mass is 16.2. The molecular weight excluding hydrogens is 266 g/mol. The van der Waals surface area contributed by atoms with E-state index in [-0.39, 0.29) is 5.91 Å². The summed E-state index contributed by atoms with van der Waals surface area (Å²) in [7, 11) is 0. The first-order chi connectivity index (χ1) is 9.79. The Hall–Kier alpha value is -1.65. The predicted octanol–water partition coefficient (Wildman–Crippen LogP) is 2.69. The van der Waals surface area contributed by atoms with Crippen molar-refractivity contribution in [1.29, 1.82) is 0 Å². The van der Waals surface area contributed by atoms with Crippen LogP contribution in [0.25, 0.3) is 0 Å². The van der Waals surface area contributed by atoms with Crippen LogP contribution in [0.3, 0.4) is 0 Å². The molecule has 0 aromatic rings. The van der Waals surface area contributed by atoms with Crippen LogP contribution in [0.4, 0.5) is 4.79 Å². The standard InChI is InChI=1S/C16H23N3O2/c1-5-16(4)13(20)19(14(21)18-16)17-9-10-6-7-11-8-12(10)15(11,2)3/h6,9,11-12H,5,7-8H2,1-4H3,(H,18,21)/b17-9+/t11-,12+,16+/m0/s1. The van der Waals surface area contributed by atoms with Crippen molar-refractivity contribution >= 4 is 18.2 Å². The summed E-state index contributed by atoms with van der Waals surface area (Å²) >= 11 is 0. The Morgan fingerprint density at radius 2 is 2.14 bits per heavy atom. The van der Waals surface area contributed by atoms with Crippen molar-refractivity contribution < 1.29 is 9.59 Å². The van der Waals surface area contributed by atoms with Crippen LogP contribution in [0.1, 0.15) is 47.0 Å². The van der Waals surface area contributed by atoms with Gasteiger partial charge in [0.05, 0.1) is 6.21 Å². The minimum absolute atomic E-state index is 0.270. The SMILES string of the molecule is CC[C@@]1(C)NC(=O)N(/N=C/C2=CC[C@H]3C[C@H]2C3(C)C)C1=O. The van der Waals surface area contributed by atoms with Gasteiger partial charge in [0.2, 0.25) is 0 Å². The number of urea groups is 1. The Labute approximate surface area is 125 Å². The molecule has 5 nitrogen and oxygen atoms in total. The average Bonchev–Trinajstić information content (AvgIpc) is 2.67. The highest BCUT2D eigenvalue weighted by molar-refractivity contribution is 6.07. The summed E-state index contributed by atoms with van der Waals surface area (Å²) in [6.07, 6.45) is 6.73. The summed E-state index contributed by atoms with van der Waals surface area (Å²) in [6.45, 7) is 8.19. The van der Waals surface area contributed by atoms with Gasteiger partial charge in [-0.05, 0) is 49.0 Å². The van der Waals surface area contributed by atoms with Gasteiger partial charge in [0.1, 0.15) is 5.54 Å². The fraction of sp³-hybridized carbons (Fsp3) is 0.688. The monoisotopic (exact) mass is 289 g/mol. The minimum Gasteiger partial charge on any atom is -0.322 e. The van der Waals surface area contributed by atoms with Gasteiger partial charge in [-0.1, -0.05) is 26.8 Å². The Balaban J connectivity index is 1.77. The molecule has 114 valence electrons. The molecule has 1 saturated heterocycles. The number of rotatable bonds is 3. The number of carbonyl (C=O) groups excluding carboxylic acids is 2. The molecule has 1 N–H and O–H groups in total. The van der Waals surface area contributed by atoms with E-state index >= 15 is 0 Å². The number of nitrogens with zero attached hydrogens (tertiary/aromatic N) is 2. The maximum Gasteiger partial charge on any atom is 0.346 e. The molecule has 5 heteroatoms. The molecule has 2 bridgehead atoms. The van der Waals surface area contributed by atoms with E-state index in [0.29, 0.717) is 17.8 Å². The predicted molar refractivity (Wildman–Crippen MR) is 80.6 cm³/mol. The first kappa shape index (κ1) is 14.3. The lowest BCUT2D eigenvalue weighted by Crippen LogP contribution is -2.48. The zero-order chi connectivity index (χ0) is 15.4. The van der Waals surface area contributed by atoms with Crippen LogP contribution in [-0.2, 0) is 4.79 Å². The lowest BCUT2D eigenvalue weighted by molar-refractivity contribution is -0.130. The highest BCUT2D eigenvalue weighted by Gasteiger charge is 2.51. The zero-order valence-electron chi connectivity index (χ0n) is 13.1. The van der Waals surface area contributed by atoms with Crippen LogP contribution in [0.2, 0.25) is 0 Å². The lowest BCUT2D eigenvalue weighted by Gasteiger charge is -2.55. The molecule has 1 heterocycles. The summed E-state index contributed by atoms with van der Waals surface area (Å²) < 4.78 is 0. The van der Waals surface area contributed by atoms with Crippen LogP contribution in [0.15, 0.2) is 16.8 Å². The first-order valence-corrected chi connectivity index (χ1v) is 7.70. The molecule has 0 unspecified atom stereocenters. The Bertz CT molecular complexity index is 564. The van der Waals surface area contributed by atoms with E-state index in [1.54, 1.807) is 13.1 Å². The van der Waals surface area contributed by atoms with Gasteiger partial charge in [-0.25, -0.2) is 4.79 Å². The van der Waals surface area contributed by atoms with Crippen molar-refractivity contribution in [2.75, 3.05) is 0 Å². The maximum absolute atomic E-state index is 12.3. The molecule has 1 aliphatic heterocycles. The fourth-order valence-corrected chi connectivity index (χ4v) is 3.68. The first-order valence-electron chi connectivity index (χ1n) is 7.70. The quantitative estimate of drug-likeness (QED) is 0.641. The van der Waals surface area contributed by atoms with Gasteiger partial charge in [-0.2, -0.15) is 5.10 Å². The number of hydrogen-bond acceptors (Lipinski definition) is 3. The van der Waals surface area contributed by atoms with Gasteiger partial charge in [0.25, 0.3) is 5.91 Å². The number of carbonyl (C=O) groups is 2. The average molecular weight is 289 g/mol. The number of allylic oxidation sites excluding steroid dienone is 2. The lowest BCUT2D eigenvalue weighted by atomic mass is 9.49. The summed E-state index contributed by atoms with van der Waals surface area (Å²) in [5.74, 6) is 0.992. The van der Waals surface area contributed by atoms with E-state index in [1.807, 2.05) is 6.92 Å². The summed E-state index contributed by atoms with van der Waals surface area (Å²) in [6, 6.07) is -0.428. The second-order valence-electron chi connectivity index (χ2n) is 7.22. The van der Waals surface area contributed by atoms with Crippen LogP contribution in [0, 0.1) is 17.3 Å². The van der Waals surface area contributed by atoms with Gasteiger partial charge >= 0.3 is 6.03 Å². The van der Waals surface area contributed by atoms with Crippen LogP contribution in [-0.4, -0.2) is 28.7 Å². The number of fused-ring (bicyclic) bond motifs is 1. The topological polar surface area (TPSA) is 61.8 Å². The van der Waals surface area contributed by atoms with Crippen molar-refractivity contribution in [3.63, 3.8) is 0 Å².